The van der Waals surface area contributed by atoms with E-state index in [-0.39, 0.29) is 30.0 Å². The Balaban J connectivity index is 1.56. The molecular weight excluding hydrogens is 476 g/mol. The second kappa shape index (κ2) is 12.2. The first-order chi connectivity index (χ1) is 18.2. The van der Waals surface area contributed by atoms with E-state index in [1.807, 2.05) is 113 Å². The van der Waals surface area contributed by atoms with Crippen molar-refractivity contribution in [2.75, 3.05) is 6.54 Å². The van der Waals surface area contributed by atoms with E-state index in [9.17, 15) is 9.59 Å². The Morgan fingerprint density at radius 3 is 2.18 bits per heavy atom. The summed E-state index contributed by atoms with van der Waals surface area (Å²) in [5.74, 6) is 0.334. The predicted octanol–water partition coefficient (Wildman–Crippen LogP) is 6.63. The monoisotopic (exact) mass is 514 g/mol. The molecule has 38 heavy (non-hydrogen) atoms. The van der Waals surface area contributed by atoms with Gasteiger partial charge in [-0.25, -0.2) is 4.79 Å². The lowest BCUT2D eigenvalue weighted by atomic mass is 9.94. The van der Waals surface area contributed by atoms with Crippen molar-refractivity contribution >= 4 is 12.0 Å². The minimum atomic E-state index is -0.595. The average Bonchev–Trinajstić information content (AvgIpc) is 3.40. The Hall–Kier alpha value is -3.80. The van der Waals surface area contributed by atoms with Gasteiger partial charge in [0.25, 0.3) is 0 Å². The SMILES string of the molecule is C[C@H](C(=O)N[C@H](c1ccc(OCc2ccccc2)cc1)[C@H]1CCCN1C(=O)OC(C)(C)C)c1ccccc1. The summed E-state index contributed by atoms with van der Waals surface area (Å²) in [6.45, 7) is 8.58. The molecule has 0 aromatic heterocycles. The fourth-order valence-electron chi connectivity index (χ4n) is 4.77. The van der Waals surface area contributed by atoms with E-state index >= 15 is 0 Å². The van der Waals surface area contributed by atoms with E-state index < -0.39 is 5.60 Å². The van der Waals surface area contributed by atoms with Crippen molar-refractivity contribution in [1.29, 1.82) is 0 Å². The summed E-state index contributed by atoms with van der Waals surface area (Å²) in [5, 5.41) is 3.27. The molecule has 0 spiro atoms. The highest BCUT2D eigenvalue weighted by Crippen LogP contribution is 2.32. The van der Waals surface area contributed by atoms with E-state index in [1.165, 1.54) is 0 Å². The molecule has 3 aromatic carbocycles. The Bertz CT molecular complexity index is 1190. The van der Waals surface area contributed by atoms with Crippen molar-refractivity contribution in [3.63, 3.8) is 0 Å². The zero-order chi connectivity index (χ0) is 27.1. The van der Waals surface area contributed by atoms with Crippen molar-refractivity contribution in [2.24, 2.45) is 0 Å². The molecule has 1 fully saturated rings. The number of nitrogens with zero attached hydrogens (tertiary/aromatic N) is 1. The number of hydrogen-bond donors (Lipinski definition) is 1. The molecule has 3 aromatic rings. The zero-order valence-corrected chi connectivity index (χ0v) is 22.7. The van der Waals surface area contributed by atoms with Crippen molar-refractivity contribution in [1.82, 2.24) is 10.2 Å². The topological polar surface area (TPSA) is 67.9 Å². The fraction of sp³-hybridized carbons (Fsp3) is 0.375. The third-order valence-corrected chi connectivity index (χ3v) is 6.79. The van der Waals surface area contributed by atoms with Crippen LogP contribution in [0.15, 0.2) is 84.9 Å². The maximum absolute atomic E-state index is 13.4. The lowest BCUT2D eigenvalue weighted by Crippen LogP contribution is -2.47. The lowest BCUT2D eigenvalue weighted by Gasteiger charge is -2.34. The first-order valence-corrected chi connectivity index (χ1v) is 13.3. The van der Waals surface area contributed by atoms with Gasteiger partial charge in [-0.2, -0.15) is 0 Å². The number of ether oxygens (including phenoxy) is 2. The molecule has 6 nitrogen and oxygen atoms in total. The van der Waals surface area contributed by atoms with Gasteiger partial charge in [0, 0.05) is 6.54 Å². The molecule has 0 bridgehead atoms. The Labute approximate surface area is 226 Å². The van der Waals surface area contributed by atoms with Crippen LogP contribution in [0.5, 0.6) is 5.75 Å². The molecule has 6 heteroatoms. The minimum absolute atomic E-state index is 0.0818. The van der Waals surface area contributed by atoms with Gasteiger partial charge >= 0.3 is 6.09 Å². The second-order valence-electron chi connectivity index (χ2n) is 10.8. The molecule has 2 amide bonds. The number of nitrogens with one attached hydrogen (secondary N) is 1. The summed E-state index contributed by atoms with van der Waals surface area (Å²) >= 11 is 0. The molecule has 0 radical (unpaired) electrons. The molecule has 0 saturated carbocycles. The van der Waals surface area contributed by atoms with Crippen molar-refractivity contribution < 1.29 is 19.1 Å². The number of carbonyl (C=O) groups is 2. The standard InChI is InChI=1S/C32H38N2O4/c1-23(25-14-9-6-10-15-25)30(35)33-29(28-16-11-21-34(28)31(36)38-32(2,3)4)26-17-19-27(20-18-26)37-22-24-12-7-5-8-13-24/h5-10,12-15,17-20,23,28-29H,11,16,21-22H2,1-4H3,(H,33,35)/t23-,28+,29+/m0/s1. The van der Waals surface area contributed by atoms with Crippen LogP contribution in [-0.4, -0.2) is 35.1 Å². The highest BCUT2D eigenvalue weighted by Gasteiger charge is 2.39. The Morgan fingerprint density at radius 2 is 1.55 bits per heavy atom. The van der Waals surface area contributed by atoms with E-state index in [0.717, 1.165) is 35.3 Å². The number of likely N-dealkylation sites (tertiary alicyclic amines) is 1. The van der Waals surface area contributed by atoms with Crippen molar-refractivity contribution in [2.45, 2.75) is 70.7 Å². The molecule has 200 valence electrons. The largest absolute Gasteiger partial charge is 0.489 e. The molecule has 1 aliphatic heterocycles. The third-order valence-electron chi connectivity index (χ3n) is 6.79. The number of benzene rings is 3. The van der Waals surface area contributed by atoms with Crippen LogP contribution in [0.25, 0.3) is 0 Å². The Morgan fingerprint density at radius 1 is 0.921 bits per heavy atom. The molecule has 1 N–H and O–H groups in total. The zero-order valence-electron chi connectivity index (χ0n) is 22.7. The molecule has 1 heterocycles. The van der Waals surface area contributed by atoms with Crippen LogP contribution in [0, 0.1) is 0 Å². The van der Waals surface area contributed by atoms with Gasteiger partial charge in [0.05, 0.1) is 18.0 Å². The summed E-state index contributed by atoms with van der Waals surface area (Å²) in [5.41, 5.74) is 2.37. The number of carbonyl (C=O) groups excluding carboxylic acids is 2. The van der Waals surface area contributed by atoms with Crippen molar-refractivity contribution in [3.8, 4) is 5.75 Å². The quantitative estimate of drug-likeness (QED) is 0.367. The fourth-order valence-corrected chi connectivity index (χ4v) is 4.77. The van der Waals surface area contributed by atoms with Crippen LogP contribution in [0.3, 0.4) is 0 Å². The van der Waals surface area contributed by atoms with Crippen LogP contribution in [-0.2, 0) is 16.1 Å². The predicted molar refractivity (Wildman–Crippen MR) is 149 cm³/mol. The summed E-state index contributed by atoms with van der Waals surface area (Å²) in [4.78, 5) is 28.3. The Kier molecular flexibility index (Phi) is 8.72. The first-order valence-electron chi connectivity index (χ1n) is 13.3. The van der Waals surface area contributed by atoms with Gasteiger partial charge in [0.15, 0.2) is 0 Å². The van der Waals surface area contributed by atoms with Gasteiger partial charge in [-0.3, -0.25) is 4.79 Å². The smallest absolute Gasteiger partial charge is 0.410 e. The molecule has 0 unspecified atom stereocenters. The highest BCUT2D eigenvalue weighted by molar-refractivity contribution is 5.83. The normalized spacial score (nSPS) is 16.9. The second-order valence-corrected chi connectivity index (χ2v) is 10.8. The van der Waals surface area contributed by atoms with E-state index in [2.05, 4.69) is 5.32 Å². The van der Waals surface area contributed by atoms with Gasteiger partial charge in [0.2, 0.25) is 5.91 Å². The molecule has 3 atom stereocenters. The van der Waals surface area contributed by atoms with Gasteiger partial charge in [-0.15, -0.1) is 0 Å². The maximum Gasteiger partial charge on any atom is 0.410 e. The van der Waals surface area contributed by atoms with Crippen LogP contribution < -0.4 is 10.1 Å². The maximum atomic E-state index is 13.4. The lowest BCUT2D eigenvalue weighted by molar-refractivity contribution is -0.123. The van der Waals surface area contributed by atoms with Crippen molar-refractivity contribution in [3.05, 3.63) is 102 Å². The minimum Gasteiger partial charge on any atom is -0.489 e. The number of hydrogen-bond acceptors (Lipinski definition) is 4. The number of rotatable bonds is 8. The van der Waals surface area contributed by atoms with Gasteiger partial charge in [-0.05, 0) is 69.4 Å². The van der Waals surface area contributed by atoms with E-state index in [4.69, 9.17) is 9.47 Å². The van der Waals surface area contributed by atoms with Gasteiger partial charge in [-0.1, -0.05) is 72.8 Å². The summed E-state index contributed by atoms with van der Waals surface area (Å²) in [7, 11) is 0. The van der Waals surface area contributed by atoms with Crippen LogP contribution in [0.2, 0.25) is 0 Å². The molecule has 4 rings (SSSR count). The van der Waals surface area contributed by atoms with E-state index in [1.54, 1.807) is 4.90 Å². The molecule has 1 saturated heterocycles. The third kappa shape index (κ3) is 7.15. The number of amides is 2. The summed E-state index contributed by atoms with van der Waals surface area (Å²) in [6.07, 6.45) is 1.28. The van der Waals surface area contributed by atoms with Crippen LogP contribution >= 0.6 is 0 Å². The molecule has 0 aliphatic carbocycles. The van der Waals surface area contributed by atoms with Crippen LogP contribution in [0.1, 0.15) is 69.2 Å². The van der Waals surface area contributed by atoms with E-state index in [0.29, 0.717) is 13.2 Å². The highest BCUT2D eigenvalue weighted by atomic mass is 16.6. The van der Waals surface area contributed by atoms with Gasteiger partial charge < -0.3 is 19.7 Å². The average molecular weight is 515 g/mol. The molecule has 1 aliphatic rings. The van der Waals surface area contributed by atoms with Crippen LogP contribution in [0.4, 0.5) is 4.79 Å². The summed E-state index contributed by atoms with van der Waals surface area (Å²) in [6, 6.07) is 26.9. The van der Waals surface area contributed by atoms with Gasteiger partial charge in [0.1, 0.15) is 18.0 Å². The first kappa shape index (κ1) is 27.2. The summed E-state index contributed by atoms with van der Waals surface area (Å²) < 4.78 is 11.7. The molecular formula is C32H38N2O4.